The van der Waals surface area contributed by atoms with Crippen LogP contribution in [0.5, 0.6) is 5.75 Å². The van der Waals surface area contributed by atoms with Crippen LogP contribution in [-0.2, 0) is 6.54 Å². The topological polar surface area (TPSA) is 65.9 Å². The number of benzene rings is 1. The van der Waals surface area contributed by atoms with E-state index >= 15 is 0 Å². The molecule has 0 aliphatic carbocycles. The van der Waals surface area contributed by atoms with Crippen LogP contribution in [0.25, 0.3) is 0 Å². The fourth-order valence-electron chi connectivity index (χ4n) is 1.51. The van der Waals surface area contributed by atoms with Gasteiger partial charge in [0, 0.05) is 18.7 Å². The highest BCUT2D eigenvalue weighted by Crippen LogP contribution is 2.17. The third-order valence-electron chi connectivity index (χ3n) is 2.35. The Morgan fingerprint density at radius 3 is 2.68 bits per heavy atom. The van der Waals surface area contributed by atoms with Crippen LogP contribution in [-0.4, -0.2) is 37.9 Å². The lowest BCUT2D eigenvalue weighted by atomic mass is 10.2. The van der Waals surface area contributed by atoms with Crippen molar-refractivity contribution >= 4 is 29.9 Å². The van der Waals surface area contributed by atoms with Gasteiger partial charge in [0.05, 0.1) is 20.3 Å². The van der Waals surface area contributed by atoms with Crippen molar-refractivity contribution in [2.75, 3.05) is 26.8 Å². The zero-order valence-electron chi connectivity index (χ0n) is 11.3. The molecule has 1 aromatic rings. The van der Waals surface area contributed by atoms with E-state index in [1.165, 1.54) is 0 Å². The Kier molecular flexibility index (Phi) is 10.3. The fraction of sp³-hybridized carbons (Fsp3) is 0.462. The summed E-state index contributed by atoms with van der Waals surface area (Å²) in [7, 11) is 1.65. The molecule has 108 valence electrons. The summed E-state index contributed by atoms with van der Waals surface area (Å²) in [6, 6.07) is 7.79. The van der Waals surface area contributed by atoms with Gasteiger partial charge in [0.25, 0.3) is 0 Å². The van der Waals surface area contributed by atoms with Crippen LogP contribution in [0.4, 0.5) is 0 Å². The number of nitrogens with one attached hydrogen (secondary N) is 2. The van der Waals surface area contributed by atoms with Crippen molar-refractivity contribution < 1.29 is 9.84 Å². The zero-order chi connectivity index (χ0) is 13.2. The summed E-state index contributed by atoms with van der Waals surface area (Å²) in [4.78, 5) is 4.43. The van der Waals surface area contributed by atoms with Crippen LogP contribution in [0.15, 0.2) is 29.3 Å². The molecule has 0 aliphatic rings. The summed E-state index contributed by atoms with van der Waals surface area (Å²) in [5, 5.41) is 14.9. The molecule has 0 fully saturated rings. The molecule has 0 saturated heterocycles. The summed E-state index contributed by atoms with van der Waals surface area (Å²) >= 11 is 0. The van der Waals surface area contributed by atoms with Gasteiger partial charge in [0.15, 0.2) is 5.96 Å². The highest BCUT2D eigenvalue weighted by Gasteiger charge is 2.01. The quantitative estimate of drug-likeness (QED) is 0.397. The number of guanidine groups is 1. The maximum atomic E-state index is 8.79. The van der Waals surface area contributed by atoms with Crippen molar-refractivity contribution in [2.45, 2.75) is 13.5 Å². The Morgan fingerprint density at radius 2 is 2.05 bits per heavy atom. The van der Waals surface area contributed by atoms with Gasteiger partial charge in [0.2, 0.25) is 0 Å². The van der Waals surface area contributed by atoms with Crippen LogP contribution in [0, 0.1) is 0 Å². The molecule has 19 heavy (non-hydrogen) atoms. The summed E-state index contributed by atoms with van der Waals surface area (Å²) in [6.07, 6.45) is 0. The maximum Gasteiger partial charge on any atom is 0.191 e. The second-order valence-corrected chi connectivity index (χ2v) is 3.66. The molecule has 1 rings (SSSR count). The second-order valence-electron chi connectivity index (χ2n) is 3.66. The molecule has 1 aromatic carbocycles. The predicted molar refractivity (Wildman–Crippen MR) is 88.3 cm³/mol. The molecule has 0 radical (unpaired) electrons. The molecule has 0 amide bonds. The Balaban J connectivity index is 0.00000324. The van der Waals surface area contributed by atoms with Gasteiger partial charge >= 0.3 is 0 Å². The van der Waals surface area contributed by atoms with E-state index in [1.54, 1.807) is 7.11 Å². The molecule has 0 unspecified atom stereocenters. The normalized spacial score (nSPS) is 10.6. The first-order valence-electron chi connectivity index (χ1n) is 6.06. The minimum absolute atomic E-state index is 0. The lowest BCUT2D eigenvalue weighted by Gasteiger charge is -2.11. The Bertz CT molecular complexity index is 386. The molecular weight excluding hydrogens is 357 g/mol. The average molecular weight is 379 g/mol. The molecular formula is C13H22IN3O2. The molecule has 0 aliphatic heterocycles. The van der Waals surface area contributed by atoms with Gasteiger partial charge < -0.3 is 20.5 Å². The molecule has 0 aromatic heterocycles. The smallest absolute Gasteiger partial charge is 0.191 e. The molecule has 0 bridgehead atoms. The SMILES string of the molecule is CCNC(=NCc1ccccc1OC)NCCO.I. The number of para-hydroxylation sites is 1. The van der Waals surface area contributed by atoms with Crippen molar-refractivity contribution in [3.8, 4) is 5.75 Å². The Labute approximate surface area is 131 Å². The van der Waals surface area contributed by atoms with E-state index in [9.17, 15) is 0 Å². The maximum absolute atomic E-state index is 8.79. The van der Waals surface area contributed by atoms with Crippen molar-refractivity contribution in [3.63, 3.8) is 0 Å². The highest BCUT2D eigenvalue weighted by atomic mass is 127. The fourth-order valence-corrected chi connectivity index (χ4v) is 1.51. The van der Waals surface area contributed by atoms with Crippen molar-refractivity contribution in [3.05, 3.63) is 29.8 Å². The highest BCUT2D eigenvalue weighted by molar-refractivity contribution is 14.0. The van der Waals surface area contributed by atoms with Crippen molar-refractivity contribution in [1.29, 1.82) is 0 Å². The largest absolute Gasteiger partial charge is 0.496 e. The van der Waals surface area contributed by atoms with Crippen LogP contribution < -0.4 is 15.4 Å². The van der Waals surface area contributed by atoms with Gasteiger partial charge in [0.1, 0.15) is 5.75 Å². The number of rotatable bonds is 6. The van der Waals surface area contributed by atoms with Gasteiger partial charge in [-0.1, -0.05) is 18.2 Å². The number of hydrogen-bond acceptors (Lipinski definition) is 3. The van der Waals surface area contributed by atoms with E-state index < -0.39 is 0 Å². The van der Waals surface area contributed by atoms with Gasteiger partial charge in [-0.15, -0.1) is 24.0 Å². The first-order valence-corrected chi connectivity index (χ1v) is 6.06. The number of aliphatic hydroxyl groups is 1. The second kappa shape index (κ2) is 10.9. The van der Waals surface area contributed by atoms with Crippen LogP contribution >= 0.6 is 24.0 Å². The van der Waals surface area contributed by atoms with Gasteiger partial charge in [-0.05, 0) is 13.0 Å². The number of aliphatic hydroxyl groups excluding tert-OH is 1. The molecule has 0 spiro atoms. The number of nitrogens with zero attached hydrogens (tertiary/aromatic N) is 1. The third kappa shape index (κ3) is 6.63. The summed E-state index contributed by atoms with van der Waals surface area (Å²) < 4.78 is 5.27. The molecule has 0 heterocycles. The lowest BCUT2D eigenvalue weighted by molar-refractivity contribution is 0.300. The van der Waals surface area contributed by atoms with E-state index in [4.69, 9.17) is 9.84 Å². The standard InChI is InChI=1S/C13H21N3O2.HI/c1-3-14-13(15-8-9-17)16-10-11-6-4-5-7-12(11)18-2;/h4-7,17H,3,8-10H2,1-2H3,(H2,14,15,16);1H. The third-order valence-corrected chi connectivity index (χ3v) is 2.35. The van der Waals surface area contributed by atoms with Crippen LogP contribution in [0.3, 0.4) is 0 Å². The Morgan fingerprint density at radius 1 is 1.32 bits per heavy atom. The van der Waals surface area contributed by atoms with E-state index in [-0.39, 0.29) is 30.6 Å². The van der Waals surface area contributed by atoms with Crippen LogP contribution in [0.1, 0.15) is 12.5 Å². The summed E-state index contributed by atoms with van der Waals surface area (Å²) in [5.74, 6) is 1.52. The summed E-state index contributed by atoms with van der Waals surface area (Å²) in [6.45, 7) is 3.88. The van der Waals surface area contributed by atoms with Crippen LogP contribution in [0.2, 0.25) is 0 Å². The lowest BCUT2D eigenvalue weighted by Crippen LogP contribution is -2.38. The predicted octanol–water partition coefficient (Wildman–Crippen LogP) is 1.36. The van der Waals surface area contributed by atoms with E-state index in [0.717, 1.165) is 17.9 Å². The van der Waals surface area contributed by atoms with Gasteiger partial charge in [-0.3, -0.25) is 0 Å². The van der Waals surface area contributed by atoms with E-state index in [1.807, 2.05) is 31.2 Å². The Hall–Kier alpha value is -1.02. The van der Waals surface area contributed by atoms with E-state index in [0.29, 0.717) is 19.0 Å². The number of ether oxygens (including phenoxy) is 1. The monoisotopic (exact) mass is 379 g/mol. The van der Waals surface area contributed by atoms with Gasteiger partial charge in [-0.2, -0.15) is 0 Å². The summed E-state index contributed by atoms with van der Waals surface area (Å²) in [5.41, 5.74) is 1.03. The first-order chi connectivity index (χ1) is 8.81. The van der Waals surface area contributed by atoms with Crippen molar-refractivity contribution in [1.82, 2.24) is 10.6 Å². The van der Waals surface area contributed by atoms with E-state index in [2.05, 4.69) is 15.6 Å². The van der Waals surface area contributed by atoms with Crippen molar-refractivity contribution in [2.24, 2.45) is 4.99 Å². The minimum atomic E-state index is 0. The number of hydrogen-bond donors (Lipinski definition) is 3. The van der Waals surface area contributed by atoms with Gasteiger partial charge in [-0.25, -0.2) is 4.99 Å². The first kappa shape index (κ1) is 18.0. The average Bonchev–Trinajstić information content (AvgIpc) is 2.42. The minimum Gasteiger partial charge on any atom is -0.496 e. The molecule has 0 saturated carbocycles. The molecule has 3 N–H and O–H groups in total. The number of halogens is 1. The molecule has 6 heteroatoms. The zero-order valence-corrected chi connectivity index (χ0v) is 13.7. The molecule has 5 nitrogen and oxygen atoms in total. The molecule has 0 atom stereocenters. The number of methoxy groups -OCH3 is 1. The number of aliphatic imine (C=N–C) groups is 1.